The Bertz CT molecular complexity index is 216. The summed E-state index contributed by atoms with van der Waals surface area (Å²) >= 11 is 5.49. The van der Waals surface area contributed by atoms with Gasteiger partial charge in [-0.05, 0) is 6.92 Å². The van der Waals surface area contributed by atoms with Crippen LogP contribution in [0.5, 0.6) is 0 Å². The van der Waals surface area contributed by atoms with Crippen molar-refractivity contribution in [2.24, 2.45) is 5.92 Å². The predicted molar refractivity (Wildman–Crippen MR) is 45.3 cm³/mol. The Balaban J connectivity index is 2.52. The van der Waals surface area contributed by atoms with E-state index in [9.17, 15) is 9.59 Å². The van der Waals surface area contributed by atoms with E-state index >= 15 is 0 Å². The first-order chi connectivity index (χ1) is 6.19. The molecule has 1 aliphatic rings. The minimum atomic E-state index is -0.774. The molecule has 0 aromatic carbocycles. The number of cyclic esters (lactones) is 1. The van der Waals surface area contributed by atoms with Gasteiger partial charge in [0.1, 0.15) is 6.10 Å². The average Bonchev–Trinajstić information content (AvgIpc) is 2.47. The molecule has 0 amide bonds. The summed E-state index contributed by atoms with van der Waals surface area (Å²) in [7, 11) is 0. The van der Waals surface area contributed by atoms with Gasteiger partial charge < -0.3 is 9.47 Å². The lowest BCUT2D eigenvalue weighted by molar-refractivity contribution is -0.156. The van der Waals surface area contributed by atoms with Gasteiger partial charge in [0, 0.05) is 6.42 Å². The number of alkyl halides is 1. The van der Waals surface area contributed by atoms with Crippen LogP contribution in [0.25, 0.3) is 0 Å². The maximum atomic E-state index is 11.2. The van der Waals surface area contributed by atoms with E-state index in [1.165, 1.54) is 0 Å². The number of hydrogen-bond donors (Lipinski definition) is 0. The zero-order chi connectivity index (χ0) is 9.84. The SMILES string of the molecule is CCOC(=O)[C@H]1C[C@H](CCl)OC1=O. The first-order valence-corrected chi connectivity index (χ1v) is 4.65. The van der Waals surface area contributed by atoms with Crippen LogP contribution < -0.4 is 0 Å². The van der Waals surface area contributed by atoms with E-state index in [-0.39, 0.29) is 18.6 Å². The Morgan fingerprint density at radius 2 is 2.46 bits per heavy atom. The van der Waals surface area contributed by atoms with E-state index in [0.29, 0.717) is 6.42 Å². The number of carbonyl (C=O) groups excluding carboxylic acids is 2. The quantitative estimate of drug-likeness (QED) is 0.388. The van der Waals surface area contributed by atoms with E-state index in [0.717, 1.165) is 0 Å². The first kappa shape index (κ1) is 10.3. The third kappa shape index (κ3) is 2.34. The number of hydrogen-bond acceptors (Lipinski definition) is 4. The van der Waals surface area contributed by atoms with Crippen LogP contribution in [0.2, 0.25) is 0 Å². The summed E-state index contributed by atoms with van der Waals surface area (Å²) in [6.45, 7) is 1.96. The molecule has 1 fully saturated rings. The standard InChI is InChI=1S/C8H11ClO4/c1-2-12-7(10)6-3-5(4-9)13-8(6)11/h5-6H,2-4H2,1H3/t5-,6-/m1/s1. The van der Waals surface area contributed by atoms with Crippen LogP contribution in [0.15, 0.2) is 0 Å². The van der Waals surface area contributed by atoms with E-state index < -0.39 is 17.9 Å². The molecule has 0 bridgehead atoms. The average molecular weight is 207 g/mol. The van der Waals surface area contributed by atoms with Crippen molar-refractivity contribution in [3.8, 4) is 0 Å². The first-order valence-electron chi connectivity index (χ1n) is 4.12. The van der Waals surface area contributed by atoms with Crippen LogP contribution in [-0.2, 0) is 19.1 Å². The Hall–Kier alpha value is -0.770. The highest BCUT2D eigenvalue weighted by Crippen LogP contribution is 2.23. The normalized spacial score (nSPS) is 27.1. The smallest absolute Gasteiger partial charge is 0.320 e. The Morgan fingerprint density at radius 1 is 1.77 bits per heavy atom. The largest absolute Gasteiger partial charge is 0.465 e. The van der Waals surface area contributed by atoms with Gasteiger partial charge in [-0.15, -0.1) is 11.6 Å². The molecule has 0 aromatic rings. The van der Waals surface area contributed by atoms with Crippen LogP contribution in [-0.4, -0.2) is 30.5 Å². The third-order valence-electron chi connectivity index (χ3n) is 1.81. The monoisotopic (exact) mass is 206 g/mol. The summed E-state index contributed by atoms with van der Waals surface area (Å²) in [5.74, 6) is -1.59. The summed E-state index contributed by atoms with van der Waals surface area (Å²) in [5, 5.41) is 0. The molecule has 0 saturated carbocycles. The van der Waals surface area contributed by atoms with Gasteiger partial charge in [-0.1, -0.05) is 0 Å². The van der Waals surface area contributed by atoms with E-state index in [1.807, 2.05) is 0 Å². The molecule has 1 saturated heterocycles. The van der Waals surface area contributed by atoms with Crippen molar-refractivity contribution in [3.05, 3.63) is 0 Å². The molecular formula is C8H11ClO4. The summed E-state index contributed by atoms with van der Waals surface area (Å²) in [6, 6.07) is 0. The van der Waals surface area contributed by atoms with Gasteiger partial charge in [0.2, 0.25) is 0 Å². The zero-order valence-corrected chi connectivity index (χ0v) is 8.04. The van der Waals surface area contributed by atoms with Crippen molar-refractivity contribution >= 4 is 23.5 Å². The third-order valence-corrected chi connectivity index (χ3v) is 2.15. The van der Waals surface area contributed by atoms with Crippen LogP contribution in [0.1, 0.15) is 13.3 Å². The van der Waals surface area contributed by atoms with Crippen LogP contribution in [0.4, 0.5) is 0 Å². The lowest BCUT2D eigenvalue weighted by Gasteiger charge is -2.03. The van der Waals surface area contributed by atoms with Crippen molar-refractivity contribution in [2.45, 2.75) is 19.4 Å². The second-order valence-corrected chi connectivity index (χ2v) is 3.06. The maximum Gasteiger partial charge on any atom is 0.320 e. The highest BCUT2D eigenvalue weighted by molar-refractivity contribution is 6.18. The molecule has 5 heteroatoms. The molecule has 0 unspecified atom stereocenters. The van der Waals surface area contributed by atoms with Gasteiger partial charge in [-0.3, -0.25) is 9.59 Å². The Labute approximate surface area is 81.1 Å². The molecule has 0 aliphatic carbocycles. The molecule has 2 atom stereocenters. The predicted octanol–water partition coefficient (Wildman–Crippen LogP) is 0.720. The van der Waals surface area contributed by atoms with E-state index in [1.54, 1.807) is 6.92 Å². The molecule has 1 aliphatic heterocycles. The molecule has 1 rings (SSSR count). The Kier molecular flexibility index (Phi) is 3.54. The van der Waals surface area contributed by atoms with E-state index in [2.05, 4.69) is 0 Å². The maximum absolute atomic E-state index is 11.2. The van der Waals surface area contributed by atoms with Gasteiger partial charge in [-0.25, -0.2) is 0 Å². The molecule has 0 aromatic heterocycles. The van der Waals surface area contributed by atoms with Crippen molar-refractivity contribution in [2.75, 3.05) is 12.5 Å². The number of esters is 2. The second-order valence-electron chi connectivity index (χ2n) is 2.75. The van der Waals surface area contributed by atoms with Crippen molar-refractivity contribution in [1.29, 1.82) is 0 Å². The summed E-state index contributed by atoms with van der Waals surface area (Å²) in [4.78, 5) is 22.2. The molecule has 0 N–H and O–H groups in total. The second kappa shape index (κ2) is 4.46. The molecule has 1 heterocycles. The van der Waals surface area contributed by atoms with E-state index in [4.69, 9.17) is 21.1 Å². The molecule has 0 spiro atoms. The Morgan fingerprint density at radius 3 is 2.92 bits per heavy atom. The fourth-order valence-corrected chi connectivity index (χ4v) is 1.37. The zero-order valence-electron chi connectivity index (χ0n) is 7.29. The summed E-state index contributed by atoms with van der Waals surface area (Å²) < 4.78 is 9.53. The van der Waals surface area contributed by atoms with Gasteiger partial charge in [0.15, 0.2) is 5.92 Å². The highest BCUT2D eigenvalue weighted by atomic mass is 35.5. The van der Waals surface area contributed by atoms with Crippen molar-refractivity contribution in [3.63, 3.8) is 0 Å². The number of halogens is 1. The fourth-order valence-electron chi connectivity index (χ4n) is 1.18. The van der Waals surface area contributed by atoms with Crippen molar-refractivity contribution < 1.29 is 19.1 Å². The number of rotatable bonds is 3. The van der Waals surface area contributed by atoms with Crippen molar-refractivity contribution in [1.82, 2.24) is 0 Å². The lowest BCUT2D eigenvalue weighted by Crippen LogP contribution is -2.21. The molecule has 13 heavy (non-hydrogen) atoms. The molecule has 4 nitrogen and oxygen atoms in total. The van der Waals surface area contributed by atoms with Crippen LogP contribution in [0, 0.1) is 5.92 Å². The molecular weight excluding hydrogens is 196 g/mol. The summed E-state index contributed by atoms with van der Waals surface area (Å²) in [6.07, 6.45) is -0.00942. The van der Waals surface area contributed by atoms with Gasteiger partial charge in [0.25, 0.3) is 0 Å². The van der Waals surface area contributed by atoms with Crippen LogP contribution >= 0.6 is 11.6 Å². The molecule has 74 valence electrons. The van der Waals surface area contributed by atoms with Gasteiger partial charge in [0.05, 0.1) is 12.5 Å². The number of carbonyl (C=O) groups is 2. The van der Waals surface area contributed by atoms with Crippen LogP contribution in [0.3, 0.4) is 0 Å². The van der Waals surface area contributed by atoms with Gasteiger partial charge >= 0.3 is 11.9 Å². The highest BCUT2D eigenvalue weighted by Gasteiger charge is 2.40. The topological polar surface area (TPSA) is 52.6 Å². The fraction of sp³-hybridized carbons (Fsp3) is 0.750. The molecule has 0 radical (unpaired) electrons. The number of ether oxygens (including phenoxy) is 2. The minimum Gasteiger partial charge on any atom is -0.465 e. The lowest BCUT2D eigenvalue weighted by atomic mass is 10.1. The minimum absolute atomic E-state index is 0.224. The summed E-state index contributed by atoms with van der Waals surface area (Å²) in [5.41, 5.74) is 0. The van der Waals surface area contributed by atoms with Gasteiger partial charge in [-0.2, -0.15) is 0 Å².